The van der Waals surface area contributed by atoms with Gasteiger partial charge < -0.3 is 0 Å². The fourth-order valence-electron chi connectivity index (χ4n) is 11.0. The second-order valence-corrected chi connectivity index (χ2v) is 60.8. The van der Waals surface area contributed by atoms with Gasteiger partial charge in [-0.25, -0.2) is 0 Å². The Morgan fingerprint density at radius 3 is 1.28 bits per heavy atom. The first-order chi connectivity index (χ1) is 26.0. The summed E-state index contributed by atoms with van der Waals surface area (Å²) in [6.45, 7) is 14.3. The first-order valence-electron chi connectivity index (χ1n) is 21.4. The number of benzene rings is 4. The molecule has 0 bridgehead atoms. The van der Waals surface area contributed by atoms with Crippen LogP contribution in [0.5, 0.6) is 0 Å². The minimum absolute atomic E-state index is 0.133. The van der Waals surface area contributed by atoms with Gasteiger partial charge in [-0.05, 0) is 0 Å². The van der Waals surface area contributed by atoms with Gasteiger partial charge in [0.1, 0.15) is 0 Å². The van der Waals surface area contributed by atoms with Gasteiger partial charge >= 0.3 is 338 Å². The summed E-state index contributed by atoms with van der Waals surface area (Å²) >= 11 is -4.98. The van der Waals surface area contributed by atoms with E-state index in [0.717, 1.165) is 25.7 Å². The molecule has 4 aromatic rings. The molecule has 2 atom stereocenters. The zero-order chi connectivity index (χ0) is 37.9. The Morgan fingerprint density at radius 1 is 0.574 bits per heavy atom. The Balaban J connectivity index is 1.34. The monoisotopic (exact) mass is 849 g/mol. The number of allylic oxidation sites excluding steroid dienone is 2. The van der Waals surface area contributed by atoms with Crippen LogP contribution in [0.25, 0.3) is 34.4 Å². The average Bonchev–Trinajstić information content (AvgIpc) is 4.03. The first-order valence-corrected chi connectivity index (χ1v) is 37.7. The molecule has 2 saturated carbocycles. The van der Waals surface area contributed by atoms with Crippen molar-refractivity contribution < 1.29 is 15.6 Å². The third kappa shape index (κ3) is 6.70. The van der Waals surface area contributed by atoms with Crippen LogP contribution in [-0.4, -0.2) is 5.92 Å². The quantitative estimate of drug-likeness (QED) is 0.105. The van der Waals surface area contributed by atoms with Crippen molar-refractivity contribution in [2.24, 2.45) is 10.8 Å². The van der Waals surface area contributed by atoms with Gasteiger partial charge in [0, 0.05) is 0 Å². The third-order valence-corrected chi connectivity index (χ3v) is 66.3. The molecule has 0 saturated heterocycles. The molecule has 0 spiro atoms. The number of halogens is 2. The molecule has 0 amide bonds. The molecule has 8 rings (SSSR count). The fourth-order valence-corrected chi connectivity index (χ4v) is 42.3. The molecule has 283 valence electrons. The maximum atomic E-state index is 9.07. The molecule has 0 aromatic heterocycles. The number of fused-ring (bicyclic) bond motifs is 2. The Kier molecular flexibility index (Phi) is 10.6. The van der Waals surface area contributed by atoms with Crippen molar-refractivity contribution in [3.8, 4) is 22.3 Å². The van der Waals surface area contributed by atoms with Crippen LogP contribution in [0, 0.1) is 10.8 Å². The summed E-state index contributed by atoms with van der Waals surface area (Å²) in [6.07, 6.45) is 20.0. The third-order valence-electron chi connectivity index (χ3n) is 14.5. The van der Waals surface area contributed by atoms with E-state index in [4.69, 9.17) is 17.0 Å². The summed E-state index contributed by atoms with van der Waals surface area (Å²) in [6, 6.07) is 32.8. The number of hydrogen-bond donors (Lipinski definition) is 0. The van der Waals surface area contributed by atoms with E-state index < -0.39 is 21.5 Å². The van der Waals surface area contributed by atoms with E-state index in [0.29, 0.717) is 10.8 Å². The van der Waals surface area contributed by atoms with Crippen LogP contribution < -0.4 is 0 Å². The summed E-state index contributed by atoms with van der Waals surface area (Å²) < 4.78 is 0.266. The molecule has 2 fully saturated rings. The molecular weight excluding hydrogens is 791 g/mol. The van der Waals surface area contributed by atoms with E-state index in [1.165, 1.54) is 107 Å². The van der Waals surface area contributed by atoms with Crippen LogP contribution in [0.1, 0.15) is 133 Å². The first kappa shape index (κ1) is 38.9. The van der Waals surface area contributed by atoms with Crippen LogP contribution in [-0.2, 0) is 28.4 Å². The number of hydrogen-bond acceptors (Lipinski definition) is 0. The second kappa shape index (κ2) is 14.8. The SMILES string of the molecule is CCCC1(CC2=Cc3c(-c4ccc(CC)cc4)cccc3[CH]2[Zr]([Cl])([Cl])([CH]2C(CC3(CCC)CC3)=Cc3c(-c4ccc(CC)cc4)cccc32)[SiH](C)C)CC1. The molecule has 4 aliphatic carbocycles. The van der Waals surface area contributed by atoms with Gasteiger partial charge in [0.25, 0.3) is 0 Å². The molecule has 4 aliphatic rings. The van der Waals surface area contributed by atoms with Crippen LogP contribution in [0.3, 0.4) is 0 Å². The van der Waals surface area contributed by atoms with Crippen LogP contribution >= 0.6 is 17.0 Å². The van der Waals surface area contributed by atoms with Crippen molar-refractivity contribution in [1.29, 1.82) is 0 Å². The summed E-state index contributed by atoms with van der Waals surface area (Å²) in [5.74, 6) is -1.69. The molecule has 4 heteroatoms. The van der Waals surface area contributed by atoms with Gasteiger partial charge in [-0.3, -0.25) is 0 Å². The Morgan fingerprint density at radius 2 is 0.963 bits per heavy atom. The molecule has 0 N–H and O–H groups in total. The van der Waals surface area contributed by atoms with E-state index in [-0.39, 0.29) is 7.25 Å². The van der Waals surface area contributed by atoms with Crippen molar-refractivity contribution in [1.82, 2.24) is 0 Å². The molecule has 54 heavy (non-hydrogen) atoms. The fraction of sp³-hybridized carbons (Fsp3) is 0.440. The normalized spacial score (nSPS) is 21.2. The number of rotatable bonds is 15. The van der Waals surface area contributed by atoms with Crippen molar-refractivity contribution >= 4 is 35.1 Å². The van der Waals surface area contributed by atoms with Crippen molar-refractivity contribution in [2.75, 3.05) is 0 Å². The predicted molar refractivity (Wildman–Crippen MR) is 237 cm³/mol. The van der Waals surface area contributed by atoms with Gasteiger partial charge in [0.2, 0.25) is 0 Å². The molecule has 0 radical (unpaired) electrons. The van der Waals surface area contributed by atoms with E-state index in [1.807, 2.05) is 0 Å². The average molecular weight is 852 g/mol. The van der Waals surface area contributed by atoms with Crippen molar-refractivity contribution in [2.45, 2.75) is 125 Å². The number of aryl methyl sites for hydroxylation is 2. The van der Waals surface area contributed by atoms with Gasteiger partial charge in [-0.2, -0.15) is 0 Å². The van der Waals surface area contributed by atoms with Crippen molar-refractivity contribution in [3.05, 3.63) is 129 Å². The summed E-state index contributed by atoms with van der Waals surface area (Å²) in [5, 5.41) is 0. The summed E-state index contributed by atoms with van der Waals surface area (Å²) in [5.41, 5.74) is 17.6. The molecule has 4 aromatic carbocycles. The molecule has 2 unspecified atom stereocenters. The van der Waals surface area contributed by atoms with Gasteiger partial charge in [-0.1, -0.05) is 0 Å². The van der Waals surface area contributed by atoms with Crippen LogP contribution in [0.15, 0.2) is 96.1 Å². The molecule has 0 aliphatic heterocycles. The summed E-state index contributed by atoms with van der Waals surface area (Å²) in [7, 11) is 18.1. The van der Waals surface area contributed by atoms with E-state index in [9.17, 15) is 0 Å². The minimum atomic E-state index is -4.98. The second-order valence-electron chi connectivity index (χ2n) is 18.3. The van der Waals surface area contributed by atoms with Crippen LogP contribution in [0.4, 0.5) is 0 Å². The van der Waals surface area contributed by atoms with Gasteiger partial charge in [0.15, 0.2) is 0 Å². The zero-order valence-corrected chi connectivity index (χ0v) is 38.8. The van der Waals surface area contributed by atoms with Crippen molar-refractivity contribution in [3.63, 3.8) is 0 Å². The van der Waals surface area contributed by atoms with Crippen LogP contribution in [0.2, 0.25) is 13.1 Å². The molecule has 0 heterocycles. The molecular formula is C50H61Cl2SiZr. The standard InChI is InChI=1S/2C24H27.C2H7Si.2ClH.Zr/c2*1-3-12-24(13-14-24)17-19-15-21-6-5-7-22(23(21)16-19)20-10-8-18(4-2)9-11-20;1-3-2;;;/h2*5-11,15-16H,3-4,12-14,17H2,1-2H3;3H,1-2H3;2*1H;/q;;;;;+2/p-2. The van der Waals surface area contributed by atoms with E-state index in [1.54, 1.807) is 11.1 Å². The Bertz CT molecular complexity index is 1950. The predicted octanol–water partition coefficient (Wildman–Crippen LogP) is 15.6. The Hall–Kier alpha value is -1.96. The zero-order valence-electron chi connectivity index (χ0n) is 33.7. The topological polar surface area (TPSA) is 0 Å². The maximum absolute atomic E-state index is 9.07. The van der Waals surface area contributed by atoms with Gasteiger partial charge in [-0.15, -0.1) is 0 Å². The van der Waals surface area contributed by atoms with Gasteiger partial charge in [0.05, 0.1) is 0 Å². The molecule has 0 nitrogen and oxygen atoms in total. The summed E-state index contributed by atoms with van der Waals surface area (Å²) in [4.78, 5) is 0. The van der Waals surface area contributed by atoms with E-state index >= 15 is 0 Å². The van der Waals surface area contributed by atoms with E-state index in [2.05, 4.69) is 138 Å². The Labute approximate surface area is 335 Å².